The Bertz CT molecular complexity index is 1470. The number of amides is 1. The number of fused-ring (bicyclic) bond motifs is 1. The minimum atomic E-state index is -0.994. The maximum Gasteiger partial charge on any atom is 0.263 e. The second-order valence-corrected chi connectivity index (χ2v) is 8.39. The summed E-state index contributed by atoms with van der Waals surface area (Å²) < 4.78 is 28.3. The van der Waals surface area contributed by atoms with Crippen molar-refractivity contribution in [2.75, 3.05) is 18.0 Å². The van der Waals surface area contributed by atoms with Crippen LogP contribution in [-0.4, -0.2) is 33.5 Å². The topological polar surface area (TPSA) is 80.1 Å². The van der Waals surface area contributed by atoms with Crippen molar-refractivity contribution < 1.29 is 13.6 Å². The lowest BCUT2D eigenvalue weighted by atomic mass is 10.1. The van der Waals surface area contributed by atoms with Gasteiger partial charge in [-0.2, -0.15) is 0 Å². The van der Waals surface area contributed by atoms with Crippen LogP contribution in [-0.2, 0) is 6.54 Å². The van der Waals surface area contributed by atoms with E-state index in [1.807, 2.05) is 18.2 Å². The molecule has 4 aromatic rings. The third-order valence-corrected chi connectivity index (χ3v) is 6.26. The van der Waals surface area contributed by atoms with Crippen LogP contribution in [0.5, 0.6) is 0 Å². The molecule has 0 saturated heterocycles. The Hall–Kier alpha value is -4.14. The molecule has 0 bridgehead atoms. The highest BCUT2D eigenvalue weighted by molar-refractivity contribution is 5.94. The van der Waals surface area contributed by atoms with E-state index in [-0.39, 0.29) is 12.1 Å². The number of rotatable bonds is 8. The van der Waals surface area contributed by atoms with Gasteiger partial charge in [-0.1, -0.05) is 12.1 Å². The van der Waals surface area contributed by atoms with Gasteiger partial charge < -0.3 is 14.8 Å². The average molecular weight is 492 g/mol. The predicted octanol–water partition coefficient (Wildman–Crippen LogP) is 4.46. The molecule has 0 fully saturated rings. The van der Waals surface area contributed by atoms with Gasteiger partial charge in [-0.3, -0.25) is 9.59 Å². The first-order chi connectivity index (χ1) is 17.3. The van der Waals surface area contributed by atoms with Gasteiger partial charge in [0.25, 0.3) is 11.5 Å². The molecule has 4 rings (SSSR count). The lowest BCUT2D eigenvalue weighted by molar-refractivity contribution is 0.0948. The summed E-state index contributed by atoms with van der Waals surface area (Å²) in [6, 6.07) is 11.6. The molecule has 2 heterocycles. The summed E-state index contributed by atoms with van der Waals surface area (Å²) in [6.07, 6.45) is 3.06. The molecule has 0 aliphatic rings. The molecule has 1 unspecified atom stereocenters. The number of hydrogen-bond acceptors (Lipinski definition) is 5. The molecule has 2 aromatic carbocycles. The smallest absolute Gasteiger partial charge is 0.263 e. The quantitative estimate of drug-likeness (QED) is 0.394. The number of benzene rings is 2. The van der Waals surface area contributed by atoms with Crippen LogP contribution in [0.2, 0.25) is 0 Å². The molecule has 0 radical (unpaired) electrons. The second-order valence-electron chi connectivity index (χ2n) is 8.39. The van der Waals surface area contributed by atoms with Gasteiger partial charge in [-0.05, 0) is 68.3 Å². The Morgan fingerprint density at radius 3 is 2.56 bits per heavy atom. The first-order valence-corrected chi connectivity index (χ1v) is 11.8. The van der Waals surface area contributed by atoms with E-state index in [0.29, 0.717) is 5.56 Å². The van der Waals surface area contributed by atoms with E-state index in [4.69, 9.17) is 0 Å². The zero-order chi connectivity index (χ0) is 25.8. The van der Waals surface area contributed by atoms with E-state index >= 15 is 0 Å². The van der Waals surface area contributed by atoms with Crippen molar-refractivity contribution >= 4 is 22.6 Å². The van der Waals surface area contributed by atoms with Gasteiger partial charge in [-0.15, -0.1) is 0 Å². The number of hydrogen-bond donors (Lipinski definition) is 1. The lowest BCUT2D eigenvalue weighted by Gasteiger charge is -2.21. The van der Waals surface area contributed by atoms with E-state index < -0.39 is 29.1 Å². The van der Waals surface area contributed by atoms with E-state index in [9.17, 15) is 18.4 Å². The molecule has 1 atom stereocenters. The maximum atomic E-state index is 13.7. The minimum Gasteiger partial charge on any atom is -0.357 e. The van der Waals surface area contributed by atoms with Crippen molar-refractivity contribution in [3.05, 3.63) is 99.7 Å². The van der Waals surface area contributed by atoms with Gasteiger partial charge in [0.15, 0.2) is 11.6 Å². The molecule has 1 amide bonds. The molecule has 1 N–H and O–H groups in total. The highest BCUT2D eigenvalue weighted by Crippen LogP contribution is 2.24. The van der Waals surface area contributed by atoms with Crippen molar-refractivity contribution in [1.82, 2.24) is 19.9 Å². The Morgan fingerprint density at radius 2 is 1.83 bits per heavy atom. The molecule has 0 aliphatic carbocycles. The fourth-order valence-corrected chi connectivity index (χ4v) is 4.17. The molecule has 0 aliphatic heterocycles. The number of halogens is 2. The van der Waals surface area contributed by atoms with E-state index in [1.54, 1.807) is 19.3 Å². The molecular formula is C27H27F2N5O2. The summed E-state index contributed by atoms with van der Waals surface area (Å²) in [6.45, 7) is 7.59. The average Bonchev–Trinajstić information content (AvgIpc) is 2.89. The molecule has 0 spiro atoms. The summed E-state index contributed by atoms with van der Waals surface area (Å²) in [5, 5.41) is 3.69. The van der Waals surface area contributed by atoms with Crippen LogP contribution in [0.15, 0.2) is 65.8 Å². The first-order valence-electron chi connectivity index (χ1n) is 11.8. The van der Waals surface area contributed by atoms with E-state index in [0.717, 1.165) is 47.5 Å². The first kappa shape index (κ1) is 25.0. The number of pyridine rings is 1. The van der Waals surface area contributed by atoms with Gasteiger partial charge in [-0.25, -0.2) is 18.7 Å². The molecule has 0 saturated carbocycles. The van der Waals surface area contributed by atoms with Crippen LogP contribution in [0.1, 0.15) is 48.3 Å². The molecule has 9 heteroatoms. The Balaban J connectivity index is 1.56. The fraction of sp³-hybridized carbons (Fsp3) is 0.259. The van der Waals surface area contributed by atoms with Crippen molar-refractivity contribution in [3.8, 4) is 0 Å². The molecule has 7 nitrogen and oxygen atoms in total. The summed E-state index contributed by atoms with van der Waals surface area (Å²) in [5.41, 5.74) is 1.49. The van der Waals surface area contributed by atoms with Crippen molar-refractivity contribution in [3.63, 3.8) is 0 Å². The number of carbonyl (C=O) groups is 1. The van der Waals surface area contributed by atoms with E-state index in [1.165, 1.54) is 22.9 Å². The van der Waals surface area contributed by atoms with Crippen molar-refractivity contribution in [2.45, 2.75) is 33.4 Å². The molecule has 36 heavy (non-hydrogen) atoms. The zero-order valence-corrected chi connectivity index (χ0v) is 20.3. The second kappa shape index (κ2) is 10.6. The van der Waals surface area contributed by atoms with Gasteiger partial charge in [0.05, 0.1) is 11.6 Å². The summed E-state index contributed by atoms with van der Waals surface area (Å²) >= 11 is 0. The third-order valence-electron chi connectivity index (χ3n) is 6.26. The van der Waals surface area contributed by atoms with Crippen LogP contribution >= 0.6 is 0 Å². The zero-order valence-electron chi connectivity index (χ0n) is 20.3. The minimum absolute atomic E-state index is 0.0418. The number of nitrogens with one attached hydrogen (secondary N) is 1. The highest BCUT2D eigenvalue weighted by atomic mass is 19.2. The van der Waals surface area contributed by atoms with Crippen molar-refractivity contribution in [2.24, 2.45) is 0 Å². The predicted molar refractivity (Wildman–Crippen MR) is 135 cm³/mol. The number of carbonyl (C=O) groups excluding carboxylic acids is 1. The number of nitrogens with zero attached hydrogens (tertiary/aromatic N) is 4. The molecule has 2 aromatic heterocycles. The number of anilines is 1. The highest BCUT2D eigenvalue weighted by Gasteiger charge is 2.17. The Kier molecular flexibility index (Phi) is 7.38. The normalized spacial score (nSPS) is 11.9. The molecule has 186 valence electrons. The lowest BCUT2D eigenvalue weighted by Crippen LogP contribution is -2.33. The van der Waals surface area contributed by atoms with Crippen molar-refractivity contribution in [1.29, 1.82) is 0 Å². The van der Waals surface area contributed by atoms with Crippen LogP contribution in [0.4, 0.5) is 14.6 Å². The van der Waals surface area contributed by atoms with Gasteiger partial charge in [0, 0.05) is 31.2 Å². The van der Waals surface area contributed by atoms with Crippen LogP contribution in [0.3, 0.4) is 0 Å². The van der Waals surface area contributed by atoms with Crippen LogP contribution < -0.4 is 15.8 Å². The SMILES string of the molecule is CCN(CC)c1ncnc2ccc(CNC(=O)c3cccn(C(C)c4ccc(F)c(F)c4)c3=O)cc12. The van der Waals surface area contributed by atoms with Gasteiger partial charge in [0.2, 0.25) is 0 Å². The summed E-state index contributed by atoms with van der Waals surface area (Å²) in [5.74, 6) is -1.65. The largest absolute Gasteiger partial charge is 0.357 e. The van der Waals surface area contributed by atoms with Gasteiger partial charge >= 0.3 is 0 Å². The molecular weight excluding hydrogens is 464 g/mol. The van der Waals surface area contributed by atoms with Gasteiger partial charge in [0.1, 0.15) is 17.7 Å². The summed E-state index contributed by atoms with van der Waals surface area (Å²) in [4.78, 5) is 36.9. The maximum absolute atomic E-state index is 13.7. The van der Waals surface area contributed by atoms with Crippen LogP contribution in [0.25, 0.3) is 10.9 Å². The summed E-state index contributed by atoms with van der Waals surface area (Å²) in [7, 11) is 0. The standard InChI is InChI=1S/C27H27F2N5O2/c1-4-33(5-2)25-21-13-18(8-11-24(21)31-16-32-25)15-30-26(35)20-7-6-12-34(27(20)36)17(3)19-9-10-22(28)23(29)14-19/h6-14,16-17H,4-5,15H2,1-3H3,(H,30,35). The Labute approximate surface area is 207 Å². The number of aromatic nitrogens is 3. The fourth-order valence-electron chi connectivity index (χ4n) is 4.17. The Morgan fingerprint density at radius 1 is 1.06 bits per heavy atom. The van der Waals surface area contributed by atoms with E-state index in [2.05, 4.69) is 34.0 Å². The van der Waals surface area contributed by atoms with Crippen LogP contribution in [0, 0.1) is 11.6 Å². The third kappa shape index (κ3) is 4.95. The monoisotopic (exact) mass is 491 g/mol.